The van der Waals surface area contributed by atoms with Crippen LogP contribution in [-0.2, 0) is 0 Å². The summed E-state index contributed by atoms with van der Waals surface area (Å²) >= 11 is 3.74. The summed E-state index contributed by atoms with van der Waals surface area (Å²) in [4.78, 5) is 5.03. The van der Waals surface area contributed by atoms with Crippen LogP contribution in [0.25, 0.3) is 0 Å². The number of unbranched alkanes of at least 4 members (excludes halogenated alkanes) is 1. The largest absolute Gasteiger partial charge is 0.339 e. The van der Waals surface area contributed by atoms with Crippen LogP contribution in [0.2, 0.25) is 0 Å². The molecule has 0 heterocycles. The van der Waals surface area contributed by atoms with E-state index in [4.69, 9.17) is 0 Å². The first kappa shape index (κ1) is 18.2. The maximum absolute atomic E-state index is 3.74. The van der Waals surface area contributed by atoms with Crippen LogP contribution < -0.4 is 0 Å². The molecular formula is C14H30BBrN2. The third-order valence-corrected chi connectivity index (χ3v) is 4.13. The van der Waals surface area contributed by atoms with E-state index >= 15 is 0 Å². The van der Waals surface area contributed by atoms with Gasteiger partial charge in [-0.25, -0.2) is 0 Å². The molecule has 0 amide bonds. The molecule has 0 bridgehead atoms. The molecule has 0 radical (unpaired) electrons. The summed E-state index contributed by atoms with van der Waals surface area (Å²) in [6, 6.07) is 0. The third-order valence-electron chi connectivity index (χ3n) is 3.47. The van der Waals surface area contributed by atoms with Crippen molar-refractivity contribution in [2.75, 3.05) is 26.2 Å². The summed E-state index contributed by atoms with van der Waals surface area (Å²) in [5, 5.41) is 0. The number of nitrogens with zero attached hydrogens (tertiary/aromatic N) is 2. The van der Waals surface area contributed by atoms with Gasteiger partial charge in [0.1, 0.15) is 0 Å². The highest BCUT2D eigenvalue weighted by molar-refractivity contribution is 9.11. The monoisotopic (exact) mass is 316 g/mol. The van der Waals surface area contributed by atoms with Crippen molar-refractivity contribution in [2.45, 2.75) is 53.9 Å². The molecule has 0 rings (SSSR count). The minimum atomic E-state index is 0.432. The van der Waals surface area contributed by atoms with Crippen molar-refractivity contribution in [3.05, 3.63) is 10.5 Å². The molecular weight excluding hydrogens is 287 g/mol. The first-order chi connectivity index (χ1) is 8.64. The average molecular weight is 317 g/mol. The van der Waals surface area contributed by atoms with E-state index in [2.05, 4.69) is 66.1 Å². The predicted octanol–water partition coefficient (Wildman–Crippen LogP) is 4.17. The topological polar surface area (TPSA) is 6.48 Å². The van der Waals surface area contributed by atoms with E-state index in [1.807, 2.05) is 0 Å². The van der Waals surface area contributed by atoms with E-state index in [1.54, 1.807) is 0 Å². The number of halogens is 1. The lowest BCUT2D eigenvalue weighted by Gasteiger charge is -2.33. The van der Waals surface area contributed by atoms with Crippen molar-refractivity contribution < 1.29 is 0 Å². The van der Waals surface area contributed by atoms with Crippen LogP contribution in [0.3, 0.4) is 0 Å². The van der Waals surface area contributed by atoms with Gasteiger partial charge in [0.15, 0.2) is 0 Å². The molecule has 0 saturated carbocycles. The van der Waals surface area contributed by atoms with Crippen molar-refractivity contribution in [1.29, 1.82) is 0 Å². The first-order valence-electron chi connectivity index (χ1n) is 7.48. The van der Waals surface area contributed by atoms with Gasteiger partial charge in [0.05, 0.1) is 0 Å². The molecule has 0 aromatic carbocycles. The number of hydrogen-bond acceptors (Lipinski definition) is 2. The lowest BCUT2D eigenvalue weighted by molar-refractivity contribution is 0.387. The smallest absolute Gasteiger partial charge is 0.325 e. The fourth-order valence-electron chi connectivity index (χ4n) is 2.23. The van der Waals surface area contributed by atoms with Gasteiger partial charge in [-0.2, -0.15) is 0 Å². The Bertz CT molecular complexity index is 214. The molecule has 2 nitrogen and oxygen atoms in total. The molecule has 0 spiro atoms. The molecule has 0 aliphatic carbocycles. The zero-order valence-electron chi connectivity index (χ0n) is 12.9. The first-order valence-corrected chi connectivity index (χ1v) is 8.27. The van der Waals surface area contributed by atoms with E-state index < -0.39 is 0 Å². The lowest BCUT2D eigenvalue weighted by atomic mass is 9.70. The fourth-order valence-corrected chi connectivity index (χ4v) is 2.74. The highest BCUT2D eigenvalue weighted by atomic mass is 79.9. The van der Waals surface area contributed by atoms with E-state index in [1.165, 1.54) is 17.3 Å². The second kappa shape index (κ2) is 11.1. The van der Waals surface area contributed by atoms with Gasteiger partial charge in [0, 0.05) is 0 Å². The summed E-state index contributed by atoms with van der Waals surface area (Å²) in [5.41, 5.74) is 0. The lowest BCUT2D eigenvalue weighted by Crippen LogP contribution is -2.51. The Morgan fingerprint density at radius 3 is 1.72 bits per heavy atom. The van der Waals surface area contributed by atoms with Crippen molar-refractivity contribution in [2.24, 2.45) is 0 Å². The van der Waals surface area contributed by atoms with E-state index in [0.29, 0.717) is 6.98 Å². The van der Waals surface area contributed by atoms with E-state index in [9.17, 15) is 0 Å². The normalized spacial score (nSPS) is 12.6. The zero-order valence-corrected chi connectivity index (χ0v) is 14.5. The molecule has 0 atom stereocenters. The van der Waals surface area contributed by atoms with Gasteiger partial charge in [-0.1, -0.05) is 62.9 Å². The van der Waals surface area contributed by atoms with Crippen LogP contribution in [-0.4, -0.2) is 42.8 Å². The minimum Gasteiger partial charge on any atom is -0.325 e. The van der Waals surface area contributed by atoms with Gasteiger partial charge in [0.25, 0.3) is 0 Å². The molecule has 0 aliphatic rings. The maximum Gasteiger partial charge on any atom is 0.339 e. The van der Waals surface area contributed by atoms with Gasteiger partial charge >= 0.3 is 6.98 Å². The van der Waals surface area contributed by atoms with Crippen LogP contribution in [0.5, 0.6) is 0 Å². The van der Waals surface area contributed by atoms with Crippen molar-refractivity contribution >= 4 is 22.9 Å². The van der Waals surface area contributed by atoms with Crippen LogP contribution >= 0.6 is 15.9 Å². The average Bonchev–Trinajstić information content (AvgIpc) is 2.39. The molecule has 0 aliphatic heterocycles. The molecule has 0 unspecified atom stereocenters. The van der Waals surface area contributed by atoms with Crippen LogP contribution in [0.4, 0.5) is 0 Å². The van der Waals surface area contributed by atoms with Crippen molar-refractivity contribution in [1.82, 2.24) is 9.62 Å². The second-order valence-corrected chi connectivity index (χ2v) is 5.59. The summed E-state index contributed by atoms with van der Waals surface area (Å²) in [6.07, 6.45) is 3.68. The van der Waals surface area contributed by atoms with Crippen LogP contribution in [0, 0.1) is 0 Å². The highest BCUT2D eigenvalue weighted by Gasteiger charge is 2.24. The highest BCUT2D eigenvalue weighted by Crippen LogP contribution is 2.17. The Morgan fingerprint density at radius 1 is 0.944 bits per heavy atom. The van der Waals surface area contributed by atoms with Crippen LogP contribution in [0.1, 0.15) is 53.9 Å². The molecule has 4 heteroatoms. The third kappa shape index (κ3) is 6.39. The number of hydrogen-bond donors (Lipinski definition) is 0. The quantitative estimate of drug-likeness (QED) is 0.558. The Kier molecular flexibility index (Phi) is 11.2. The summed E-state index contributed by atoms with van der Waals surface area (Å²) in [7, 11) is 0. The van der Waals surface area contributed by atoms with Crippen molar-refractivity contribution in [3.8, 4) is 0 Å². The molecule has 106 valence electrons. The Morgan fingerprint density at radius 2 is 1.39 bits per heavy atom. The fraction of sp³-hybridized carbons (Fsp3) is 0.857. The van der Waals surface area contributed by atoms with E-state index in [-0.39, 0.29) is 0 Å². The van der Waals surface area contributed by atoms with Gasteiger partial charge in [-0.05, 0) is 43.5 Å². The molecule has 0 saturated heterocycles. The minimum absolute atomic E-state index is 0.432. The van der Waals surface area contributed by atoms with Gasteiger partial charge < -0.3 is 9.62 Å². The Balaban J connectivity index is 4.84. The standard InChI is InChI=1S/C14H30BBrN2/c1-6-11-12-14(16)13-15(17(7-2)8-3)18(9-4)10-5/h13H,6-12H2,1-5H3. The van der Waals surface area contributed by atoms with E-state index in [0.717, 1.165) is 32.6 Å². The number of allylic oxidation sites excluding steroid dienone is 1. The summed E-state index contributed by atoms with van der Waals surface area (Å²) < 4.78 is 1.35. The second-order valence-electron chi connectivity index (χ2n) is 4.57. The van der Waals surface area contributed by atoms with Gasteiger partial charge in [-0.3, -0.25) is 0 Å². The van der Waals surface area contributed by atoms with Gasteiger partial charge in [-0.15, -0.1) is 0 Å². The Hall–Kier alpha value is 0.205. The molecule has 0 aromatic heterocycles. The molecule has 0 fully saturated rings. The Labute approximate surface area is 123 Å². The zero-order chi connectivity index (χ0) is 14.0. The SMILES string of the molecule is CCCCC(Br)=CB(N(CC)CC)N(CC)CC. The molecule has 18 heavy (non-hydrogen) atoms. The maximum atomic E-state index is 3.74. The molecule has 0 aromatic rings. The predicted molar refractivity (Wildman–Crippen MR) is 88.1 cm³/mol. The molecule has 0 N–H and O–H groups in total. The van der Waals surface area contributed by atoms with Crippen LogP contribution in [0.15, 0.2) is 10.5 Å². The van der Waals surface area contributed by atoms with Gasteiger partial charge in [0.2, 0.25) is 0 Å². The number of rotatable bonds is 10. The summed E-state index contributed by atoms with van der Waals surface area (Å²) in [5.74, 6) is 2.40. The van der Waals surface area contributed by atoms with Crippen molar-refractivity contribution in [3.63, 3.8) is 0 Å². The summed E-state index contributed by atoms with van der Waals surface area (Å²) in [6.45, 7) is 16.0.